The molecule has 55 heavy (non-hydrogen) atoms. The second-order valence-electron chi connectivity index (χ2n) is 14.9. The third-order valence-corrected chi connectivity index (χ3v) is 12.0. The predicted octanol–water partition coefficient (Wildman–Crippen LogP) is 11.9. The Bertz CT molecular complexity index is 2950. The van der Waals surface area contributed by atoms with Crippen LogP contribution in [0, 0.1) is 81.4 Å². The van der Waals surface area contributed by atoms with Gasteiger partial charge in [-0.15, -0.1) is 35.7 Å². The van der Waals surface area contributed by atoms with E-state index in [9.17, 15) is 0 Å². The van der Waals surface area contributed by atoms with Gasteiger partial charge in [0.2, 0.25) is 0 Å². The second-order valence-corrected chi connectivity index (χ2v) is 14.9. The maximum absolute atomic E-state index is 6.46. The molecule has 9 aromatic rings. The molecule has 0 spiro atoms. The summed E-state index contributed by atoms with van der Waals surface area (Å²) in [5.74, 6) is 2.01. The van der Waals surface area contributed by atoms with Crippen LogP contribution in [0.25, 0.3) is 60.8 Å². The van der Waals surface area contributed by atoms with E-state index in [1.165, 1.54) is 66.3 Å². The number of para-hydroxylation sites is 1. The summed E-state index contributed by atoms with van der Waals surface area (Å²) in [5, 5.41) is 9.55. The number of aromatic nitrogens is 5. The Morgan fingerprint density at radius 2 is 1.20 bits per heavy atom. The van der Waals surface area contributed by atoms with E-state index in [1.807, 2.05) is 49.0 Å². The van der Waals surface area contributed by atoms with Crippen LogP contribution >= 0.6 is 0 Å². The van der Waals surface area contributed by atoms with Gasteiger partial charge in [-0.3, -0.25) is 4.68 Å². The average Bonchev–Trinajstić information content (AvgIpc) is 3.83. The van der Waals surface area contributed by atoms with Crippen molar-refractivity contribution in [1.82, 2.24) is 23.9 Å². The van der Waals surface area contributed by atoms with Crippen LogP contribution in [0.3, 0.4) is 0 Å². The molecule has 0 saturated carbocycles. The molecule has 5 aromatic carbocycles. The van der Waals surface area contributed by atoms with Gasteiger partial charge in [-0.1, -0.05) is 23.7 Å². The summed E-state index contributed by atoms with van der Waals surface area (Å²) < 4.78 is 13.1. The fourth-order valence-corrected chi connectivity index (χ4v) is 8.58. The van der Waals surface area contributed by atoms with Crippen LogP contribution in [-0.4, -0.2) is 23.9 Å². The summed E-state index contributed by atoms with van der Waals surface area (Å²) in [7, 11) is 0. The van der Waals surface area contributed by atoms with Crippen molar-refractivity contribution in [2.45, 2.75) is 69.2 Å². The maximum atomic E-state index is 6.46. The van der Waals surface area contributed by atoms with Crippen LogP contribution < -0.4 is 4.74 Å². The van der Waals surface area contributed by atoms with Crippen molar-refractivity contribution in [2.75, 3.05) is 0 Å². The molecule has 0 aliphatic carbocycles. The van der Waals surface area contributed by atoms with Crippen LogP contribution in [0.15, 0.2) is 79.0 Å². The number of nitrogens with zero attached hydrogens (tertiary/aromatic N) is 5. The molecule has 0 atom stereocenters. The molecule has 4 aromatic heterocycles. The van der Waals surface area contributed by atoms with Crippen molar-refractivity contribution in [2.24, 2.45) is 0 Å². The van der Waals surface area contributed by atoms with E-state index < -0.39 is 0 Å². The first-order chi connectivity index (χ1) is 25.9. The number of hydrogen-bond donors (Lipinski definition) is 0. The summed E-state index contributed by atoms with van der Waals surface area (Å²) >= 11 is 0. The van der Waals surface area contributed by atoms with Crippen LogP contribution in [-0.2, 0) is 21.1 Å². The first-order valence-corrected chi connectivity index (χ1v) is 18.6. The minimum Gasteiger partial charge on any atom is -0.509 e. The summed E-state index contributed by atoms with van der Waals surface area (Å²) in [5.41, 5.74) is 19.1. The van der Waals surface area contributed by atoms with Gasteiger partial charge in [0.15, 0.2) is 0 Å². The zero-order chi connectivity index (χ0) is 37.7. The zero-order valence-corrected chi connectivity index (χ0v) is 35.2. The molecule has 0 radical (unpaired) electrons. The Morgan fingerprint density at radius 1 is 0.564 bits per heavy atom. The van der Waals surface area contributed by atoms with E-state index >= 15 is 0 Å². The molecule has 9 rings (SSSR count). The Labute approximate surface area is 336 Å². The Hall–Kier alpha value is -5.45. The molecule has 0 amide bonds. The summed E-state index contributed by atoms with van der Waals surface area (Å²) in [6, 6.07) is 31.9. The van der Waals surface area contributed by atoms with E-state index in [0.29, 0.717) is 11.5 Å². The topological polar surface area (TPSA) is 49.8 Å². The van der Waals surface area contributed by atoms with Gasteiger partial charge in [-0.25, -0.2) is 4.98 Å². The van der Waals surface area contributed by atoms with E-state index in [2.05, 4.69) is 130 Å². The molecule has 0 fully saturated rings. The van der Waals surface area contributed by atoms with Crippen molar-refractivity contribution >= 4 is 43.6 Å². The smallest absolute Gasteiger partial charge is 0.509 e. The number of rotatable bonds is 5. The van der Waals surface area contributed by atoms with Crippen molar-refractivity contribution in [3.63, 3.8) is 0 Å². The summed E-state index contributed by atoms with van der Waals surface area (Å²) in [6.45, 7) is 22.2. The van der Waals surface area contributed by atoms with Gasteiger partial charge in [0.25, 0.3) is 0 Å². The first kappa shape index (κ1) is 36.5. The van der Waals surface area contributed by atoms with E-state index in [0.717, 1.165) is 50.4 Å². The molecule has 0 aliphatic rings. The number of ether oxygens (including phenoxy) is 1. The van der Waals surface area contributed by atoms with Gasteiger partial charge in [-0.2, -0.15) is 17.2 Å². The predicted molar refractivity (Wildman–Crippen MR) is 222 cm³/mol. The van der Waals surface area contributed by atoms with Crippen LogP contribution in [0.5, 0.6) is 11.5 Å². The largest absolute Gasteiger partial charge is 2.00 e. The van der Waals surface area contributed by atoms with Gasteiger partial charge >= 0.3 is 21.1 Å². The fourth-order valence-electron chi connectivity index (χ4n) is 8.58. The molecule has 0 N–H and O–H groups in total. The second kappa shape index (κ2) is 13.4. The third-order valence-electron chi connectivity index (χ3n) is 12.0. The van der Waals surface area contributed by atoms with Crippen molar-refractivity contribution in [1.29, 1.82) is 0 Å². The first-order valence-electron chi connectivity index (χ1n) is 18.6. The van der Waals surface area contributed by atoms with E-state index in [4.69, 9.17) is 9.72 Å². The van der Waals surface area contributed by atoms with Gasteiger partial charge in [0.1, 0.15) is 5.82 Å². The van der Waals surface area contributed by atoms with Gasteiger partial charge in [0, 0.05) is 45.7 Å². The van der Waals surface area contributed by atoms with Crippen molar-refractivity contribution in [3.05, 3.63) is 147 Å². The number of hydrogen-bond acceptors (Lipinski definition) is 3. The maximum Gasteiger partial charge on any atom is 2.00 e. The number of aryl methyl sites for hydroxylation is 6. The molecule has 0 saturated heterocycles. The molecular weight excluding hydrogens is 858 g/mol. The van der Waals surface area contributed by atoms with Crippen LogP contribution in [0.4, 0.5) is 0 Å². The van der Waals surface area contributed by atoms with Crippen molar-refractivity contribution < 1.29 is 25.8 Å². The molecular formula is C48H43N5OPt. The Morgan fingerprint density at radius 3 is 1.85 bits per heavy atom. The monoisotopic (exact) mass is 900 g/mol. The number of pyridine rings is 1. The SMILES string of the molecule is Cc1cc(C)n(-c2[c-]c(Oc3[c-]c4c(cc3)c3ccccc3n4-c3cc(-n4c5c(C)c(C)c(C)c(C)c5c5c(C)c(C)c(C)c(C)c54)ccn3)ccc2)n1.[Pt+2]. The quantitative estimate of drug-likeness (QED) is 0.162. The van der Waals surface area contributed by atoms with E-state index in [-0.39, 0.29) is 21.1 Å². The molecule has 0 aliphatic heterocycles. The van der Waals surface area contributed by atoms with Crippen LogP contribution in [0.2, 0.25) is 0 Å². The number of fused-ring (bicyclic) bond motifs is 6. The minimum absolute atomic E-state index is 0. The normalized spacial score (nSPS) is 11.7. The van der Waals surface area contributed by atoms with Gasteiger partial charge in [-0.05, 0) is 143 Å². The van der Waals surface area contributed by atoms with Crippen LogP contribution in [0.1, 0.15) is 55.9 Å². The molecule has 4 heterocycles. The molecule has 0 unspecified atom stereocenters. The molecule has 276 valence electrons. The van der Waals surface area contributed by atoms with Crippen molar-refractivity contribution in [3.8, 4) is 28.7 Å². The van der Waals surface area contributed by atoms with E-state index in [1.54, 1.807) is 0 Å². The van der Waals surface area contributed by atoms with Gasteiger partial charge < -0.3 is 13.9 Å². The zero-order valence-electron chi connectivity index (χ0n) is 33.0. The Kier molecular flexibility index (Phi) is 8.89. The summed E-state index contributed by atoms with van der Waals surface area (Å²) in [6.07, 6.45) is 1.94. The fraction of sp³-hybridized carbons (Fsp3) is 0.208. The molecule has 6 nitrogen and oxygen atoms in total. The minimum atomic E-state index is 0. The molecule has 7 heteroatoms. The Balaban J connectivity index is 0.00000427. The molecule has 0 bridgehead atoms. The summed E-state index contributed by atoms with van der Waals surface area (Å²) in [4.78, 5) is 5.04. The van der Waals surface area contributed by atoms with Gasteiger partial charge in [0.05, 0.1) is 22.4 Å². The standard InChI is InChI=1S/C48H43N5O.Pt/c1-26-22-27(2)53(50-26)37-14-13-15-38(23-37)54-39-18-19-41-40-16-11-12-17-42(40)52(43(41)25-39)44-24-36(20-21-49-44)51-47-34(9)30(5)28(3)32(7)45(47)46-33(8)29(4)31(6)35(10)48(46)51;/h11-22,24H,1-10H3;/q-2;+2. The number of benzene rings is 5. The third kappa shape index (κ3) is 5.48. The average molecular weight is 901 g/mol.